The average molecular weight is 283 g/mol. The van der Waals surface area contributed by atoms with Crippen molar-refractivity contribution in [1.82, 2.24) is 0 Å². The molecule has 0 spiro atoms. The number of hydrogen-bond acceptors (Lipinski definition) is 1. The Morgan fingerprint density at radius 2 is 1.10 bits per heavy atom. The zero-order valence-electron chi connectivity index (χ0n) is 13.4. The smallest absolute Gasteiger partial charge is 0.0366 e. The maximum absolute atomic E-state index is 2.49. The van der Waals surface area contributed by atoms with Gasteiger partial charge in [0, 0.05) is 18.8 Å². The highest BCUT2D eigenvalue weighted by atomic mass is 15.1. The highest BCUT2D eigenvalue weighted by molar-refractivity contribution is 5.44. The molecular weight excluding hydrogens is 254 g/mol. The van der Waals surface area contributed by atoms with Gasteiger partial charge < -0.3 is 4.90 Å². The molecule has 0 saturated heterocycles. The third kappa shape index (κ3) is 5.79. The predicted octanol–water partition coefficient (Wildman–Crippen LogP) is 5.75. The van der Waals surface area contributed by atoms with Crippen LogP contribution in [0.2, 0.25) is 0 Å². The molecule has 1 nitrogen and oxygen atoms in total. The lowest BCUT2D eigenvalue weighted by molar-refractivity contribution is 0.511. The quantitative estimate of drug-likeness (QED) is 0.668. The molecule has 1 aromatic carbocycles. The second-order valence-corrected chi connectivity index (χ2v) is 6.07. The van der Waals surface area contributed by atoms with Crippen LogP contribution < -0.4 is 4.90 Å². The van der Waals surface area contributed by atoms with Gasteiger partial charge in [0.2, 0.25) is 0 Å². The molecule has 0 atom stereocenters. The van der Waals surface area contributed by atoms with Crippen LogP contribution in [-0.4, -0.2) is 13.1 Å². The van der Waals surface area contributed by atoms with Gasteiger partial charge in [0.05, 0.1) is 0 Å². The van der Waals surface area contributed by atoms with Crippen LogP contribution in [0.25, 0.3) is 0 Å². The summed E-state index contributed by atoms with van der Waals surface area (Å²) < 4.78 is 0. The standard InChI is InChI=1S/C20H29N/c1-21(20-17-13-9-5-6-10-14-18-20)19-15-11-7-3-2-4-8-12-16-19/h2-4,7-8,11-12,15-16,20H,5-6,9-10,13-14,17-18H2,1H3. The summed E-state index contributed by atoms with van der Waals surface area (Å²) in [6.45, 7) is 0. The van der Waals surface area contributed by atoms with E-state index in [0.29, 0.717) is 6.04 Å². The Morgan fingerprint density at radius 1 is 0.667 bits per heavy atom. The van der Waals surface area contributed by atoms with Crippen molar-refractivity contribution in [3.8, 4) is 0 Å². The summed E-state index contributed by atoms with van der Waals surface area (Å²) in [5.41, 5.74) is 1.32. The van der Waals surface area contributed by atoms with Crippen LogP contribution in [0.15, 0.2) is 54.6 Å². The van der Waals surface area contributed by atoms with Crippen molar-refractivity contribution in [3.63, 3.8) is 0 Å². The summed E-state index contributed by atoms with van der Waals surface area (Å²) in [6, 6.07) is 19.8. The van der Waals surface area contributed by atoms with Crippen molar-refractivity contribution in [3.05, 3.63) is 54.6 Å². The first-order valence-electron chi connectivity index (χ1n) is 8.49. The third-order valence-electron chi connectivity index (χ3n) is 4.48. The van der Waals surface area contributed by atoms with Crippen LogP contribution in [0.3, 0.4) is 0 Å². The van der Waals surface area contributed by atoms with E-state index < -0.39 is 0 Å². The normalized spacial score (nSPS) is 17.0. The van der Waals surface area contributed by atoms with Crippen LogP contribution in [0.5, 0.6) is 0 Å². The number of rotatable bonds is 2. The number of nitrogens with zero attached hydrogens (tertiary/aromatic N) is 1. The van der Waals surface area contributed by atoms with E-state index in [1.165, 1.54) is 57.1 Å². The molecule has 1 saturated carbocycles. The molecule has 0 bridgehead atoms. The van der Waals surface area contributed by atoms with Gasteiger partial charge in [0.25, 0.3) is 0 Å². The molecule has 1 aliphatic carbocycles. The Labute approximate surface area is 130 Å². The maximum Gasteiger partial charge on any atom is 0.0366 e. The van der Waals surface area contributed by atoms with E-state index >= 15 is 0 Å². The van der Waals surface area contributed by atoms with E-state index in [9.17, 15) is 0 Å². The second-order valence-electron chi connectivity index (χ2n) is 6.07. The SMILES string of the molecule is CN(c1ccccccccc1)C1CCCCCCCC1. The molecule has 21 heavy (non-hydrogen) atoms. The molecule has 0 heterocycles. The van der Waals surface area contributed by atoms with E-state index in [1.54, 1.807) is 0 Å². The Kier molecular flexibility index (Phi) is 7.14. The van der Waals surface area contributed by atoms with Crippen molar-refractivity contribution in [2.24, 2.45) is 0 Å². The monoisotopic (exact) mass is 283 g/mol. The van der Waals surface area contributed by atoms with E-state index in [2.05, 4.69) is 66.5 Å². The summed E-state index contributed by atoms with van der Waals surface area (Å²) in [5, 5.41) is 0. The van der Waals surface area contributed by atoms with Crippen LogP contribution in [0.4, 0.5) is 5.69 Å². The average Bonchev–Trinajstić information content (AvgIpc) is 2.65. The molecule has 1 aliphatic rings. The maximum atomic E-state index is 2.49. The first-order chi connectivity index (χ1) is 10.4. The van der Waals surface area contributed by atoms with Gasteiger partial charge in [-0.15, -0.1) is 0 Å². The molecule has 1 heteroatoms. The summed E-state index contributed by atoms with van der Waals surface area (Å²) >= 11 is 0. The zero-order valence-corrected chi connectivity index (χ0v) is 13.4. The van der Waals surface area contributed by atoms with Gasteiger partial charge in [-0.1, -0.05) is 81.0 Å². The summed E-state index contributed by atoms with van der Waals surface area (Å²) in [4.78, 5) is 2.49. The largest absolute Gasteiger partial charge is 0.372 e. The van der Waals surface area contributed by atoms with Crippen LogP contribution >= 0.6 is 0 Å². The molecule has 2 rings (SSSR count). The van der Waals surface area contributed by atoms with Gasteiger partial charge >= 0.3 is 0 Å². The molecule has 0 N–H and O–H groups in total. The molecule has 0 aromatic heterocycles. The minimum atomic E-state index is 0.690. The summed E-state index contributed by atoms with van der Waals surface area (Å²) in [7, 11) is 2.26. The Balaban J connectivity index is 2.14. The molecule has 0 radical (unpaired) electrons. The fraction of sp³-hybridized carbons (Fsp3) is 0.500. The molecule has 0 unspecified atom stereocenters. The highest BCUT2D eigenvalue weighted by Crippen LogP contribution is 2.23. The van der Waals surface area contributed by atoms with Crippen molar-refractivity contribution < 1.29 is 0 Å². The molecular formula is C20H29N. The topological polar surface area (TPSA) is 3.24 Å². The highest BCUT2D eigenvalue weighted by Gasteiger charge is 2.15. The number of hydrogen-bond donors (Lipinski definition) is 0. The van der Waals surface area contributed by atoms with E-state index in [1.807, 2.05) is 0 Å². The van der Waals surface area contributed by atoms with Crippen molar-refractivity contribution >= 4 is 5.69 Å². The molecule has 0 amide bonds. The Morgan fingerprint density at radius 3 is 1.62 bits per heavy atom. The minimum absolute atomic E-state index is 0.690. The van der Waals surface area contributed by atoms with Crippen molar-refractivity contribution in [2.75, 3.05) is 11.9 Å². The van der Waals surface area contributed by atoms with E-state index in [-0.39, 0.29) is 0 Å². The minimum Gasteiger partial charge on any atom is -0.372 e. The molecule has 114 valence electrons. The molecule has 1 aromatic rings. The lowest BCUT2D eigenvalue weighted by atomic mass is 10.0. The van der Waals surface area contributed by atoms with E-state index in [0.717, 1.165) is 0 Å². The van der Waals surface area contributed by atoms with Crippen LogP contribution in [0.1, 0.15) is 51.4 Å². The van der Waals surface area contributed by atoms with E-state index in [4.69, 9.17) is 0 Å². The Hall–Kier alpha value is -1.50. The van der Waals surface area contributed by atoms with Crippen LogP contribution in [-0.2, 0) is 0 Å². The molecule has 0 aliphatic heterocycles. The van der Waals surface area contributed by atoms with Gasteiger partial charge in [-0.3, -0.25) is 0 Å². The van der Waals surface area contributed by atoms with Gasteiger partial charge in [0.15, 0.2) is 0 Å². The van der Waals surface area contributed by atoms with Crippen LogP contribution in [0, 0.1) is 0 Å². The fourth-order valence-electron chi connectivity index (χ4n) is 3.13. The second kappa shape index (κ2) is 9.44. The third-order valence-corrected chi connectivity index (χ3v) is 4.48. The number of anilines is 1. The van der Waals surface area contributed by atoms with Gasteiger partial charge in [-0.25, -0.2) is 0 Å². The fourth-order valence-corrected chi connectivity index (χ4v) is 3.13. The molecule has 1 fully saturated rings. The summed E-state index contributed by atoms with van der Waals surface area (Å²) in [5.74, 6) is 0. The first kappa shape index (κ1) is 15.9. The van der Waals surface area contributed by atoms with Gasteiger partial charge in [-0.05, 0) is 25.0 Å². The summed E-state index contributed by atoms with van der Waals surface area (Å²) in [6.07, 6.45) is 11.1. The first-order valence-corrected chi connectivity index (χ1v) is 8.49. The van der Waals surface area contributed by atoms with Crippen molar-refractivity contribution in [2.45, 2.75) is 57.4 Å². The predicted molar refractivity (Wildman–Crippen MR) is 93.2 cm³/mol. The lowest BCUT2D eigenvalue weighted by Gasteiger charge is -2.30. The lowest BCUT2D eigenvalue weighted by Crippen LogP contribution is -2.31. The van der Waals surface area contributed by atoms with Gasteiger partial charge in [0.1, 0.15) is 0 Å². The van der Waals surface area contributed by atoms with Crippen molar-refractivity contribution in [1.29, 1.82) is 0 Å². The Bertz CT molecular complexity index is 418. The zero-order chi connectivity index (χ0) is 14.8. The van der Waals surface area contributed by atoms with Gasteiger partial charge in [-0.2, -0.15) is 0 Å².